The van der Waals surface area contributed by atoms with Crippen molar-refractivity contribution in [1.82, 2.24) is 10.6 Å². The molecule has 0 radical (unpaired) electrons. The monoisotopic (exact) mass is 376 g/mol. The second kappa shape index (κ2) is 9.41. The fraction of sp³-hybridized carbons (Fsp3) is 0.533. The van der Waals surface area contributed by atoms with Crippen LogP contribution in [-0.4, -0.2) is 31.7 Å². The fourth-order valence-corrected chi connectivity index (χ4v) is 2.59. The van der Waals surface area contributed by atoms with E-state index in [9.17, 15) is 4.79 Å². The minimum atomic E-state index is -0.00817. The summed E-state index contributed by atoms with van der Waals surface area (Å²) in [5.41, 5.74) is 1.13. The molecule has 0 bridgehead atoms. The molecule has 2 N–H and O–H groups in total. The predicted octanol–water partition coefficient (Wildman–Crippen LogP) is 2.82. The first-order valence-corrected chi connectivity index (χ1v) is 7.85. The largest absolute Gasteiger partial charge is 0.375 e. The maximum Gasteiger partial charge on any atom is 0.223 e. The van der Waals surface area contributed by atoms with Crippen LogP contribution in [-0.2, 0) is 9.53 Å². The zero-order valence-electron chi connectivity index (χ0n) is 12.1. The molecule has 2 atom stereocenters. The number of nitrogens with one attached hydrogen (secondary N) is 2. The zero-order chi connectivity index (χ0) is 14.4. The molecule has 0 aliphatic carbocycles. The molecule has 1 aliphatic rings. The lowest BCUT2D eigenvalue weighted by Gasteiger charge is -2.24. The normalized spacial score (nSPS) is 19.4. The zero-order valence-corrected chi connectivity index (χ0v) is 14.5. The van der Waals surface area contributed by atoms with Crippen molar-refractivity contribution in [2.45, 2.75) is 31.9 Å². The van der Waals surface area contributed by atoms with Gasteiger partial charge in [-0.3, -0.25) is 4.79 Å². The first-order chi connectivity index (χ1) is 9.69. The first-order valence-electron chi connectivity index (χ1n) is 7.06. The van der Waals surface area contributed by atoms with E-state index in [1.54, 1.807) is 0 Å². The maximum absolute atomic E-state index is 12.1. The Morgan fingerprint density at radius 1 is 1.48 bits per heavy atom. The number of rotatable bonds is 5. The van der Waals surface area contributed by atoms with Crippen molar-refractivity contribution in [2.24, 2.45) is 0 Å². The number of hydrogen-bond donors (Lipinski definition) is 2. The lowest BCUT2D eigenvalue weighted by molar-refractivity contribution is -0.125. The van der Waals surface area contributed by atoms with Crippen LogP contribution in [0.1, 0.15) is 31.4 Å². The first kappa shape index (κ1) is 18.4. The summed E-state index contributed by atoms with van der Waals surface area (Å²) in [5, 5.41) is 6.32. The summed E-state index contributed by atoms with van der Waals surface area (Å²) >= 11 is 3.42. The Bertz CT molecular complexity index is 436. The molecule has 2 rings (SSSR count). The highest BCUT2D eigenvalue weighted by molar-refractivity contribution is 9.10. The molecule has 1 aliphatic heterocycles. The summed E-state index contributed by atoms with van der Waals surface area (Å²) in [5.74, 6) is 0.0495. The van der Waals surface area contributed by atoms with Gasteiger partial charge < -0.3 is 15.4 Å². The summed E-state index contributed by atoms with van der Waals surface area (Å²) in [6.07, 6.45) is 1.28. The van der Waals surface area contributed by atoms with Crippen LogP contribution in [0.25, 0.3) is 0 Å². The molecule has 1 aromatic rings. The lowest BCUT2D eigenvalue weighted by Crippen LogP contribution is -2.41. The highest BCUT2D eigenvalue weighted by Crippen LogP contribution is 2.19. The Morgan fingerprint density at radius 2 is 2.19 bits per heavy atom. The topological polar surface area (TPSA) is 50.4 Å². The van der Waals surface area contributed by atoms with Crippen molar-refractivity contribution in [2.75, 3.05) is 19.7 Å². The van der Waals surface area contributed by atoms with Crippen molar-refractivity contribution in [3.63, 3.8) is 0 Å². The number of carbonyl (C=O) groups excluding carboxylic acids is 1. The number of amides is 1. The number of carbonyl (C=O) groups is 1. The third-order valence-electron chi connectivity index (χ3n) is 3.43. The van der Waals surface area contributed by atoms with Gasteiger partial charge in [-0.25, -0.2) is 0 Å². The Kier molecular flexibility index (Phi) is 8.26. The number of benzene rings is 1. The van der Waals surface area contributed by atoms with Crippen molar-refractivity contribution < 1.29 is 9.53 Å². The highest BCUT2D eigenvalue weighted by atomic mass is 79.9. The van der Waals surface area contributed by atoms with Crippen LogP contribution in [0.3, 0.4) is 0 Å². The smallest absolute Gasteiger partial charge is 0.223 e. The summed E-state index contributed by atoms with van der Waals surface area (Å²) in [4.78, 5) is 12.1. The lowest BCUT2D eigenvalue weighted by atomic mass is 10.0. The van der Waals surface area contributed by atoms with Crippen molar-refractivity contribution >= 4 is 34.2 Å². The predicted molar refractivity (Wildman–Crippen MR) is 89.8 cm³/mol. The minimum Gasteiger partial charge on any atom is -0.375 e. The van der Waals surface area contributed by atoms with E-state index in [0.29, 0.717) is 13.0 Å². The van der Waals surface area contributed by atoms with Gasteiger partial charge in [0, 0.05) is 17.6 Å². The van der Waals surface area contributed by atoms with E-state index in [-0.39, 0.29) is 30.5 Å². The van der Waals surface area contributed by atoms with Crippen LogP contribution < -0.4 is 10.6 Å². The minimum absolute atomic E-state index is 0. The molecule has 0 saturated carbocycles. The molecule has 0 spiro atoms. The summed E-state index contributed by atoms with van der Waals surface area (Å²) < 4.78 is 6.60. The Morgan fingerprint density at radius 3 is 2.76 bits per heavy atom. The molecule has 118 valence electrons. The van der Waals surface area contributed by atoms with Gasteiger partial charge in [0.05, 0.1) is 25.2 Å². The summed E-state index contributed by atoms with van der Waals surface area (Å²) in [6, 6.07) is 8.14. The van der Waals surface area contributed by atoms with Gasteiger partial charge in [-0.1, -0.05) is 35.0 Å². The molecule has 1 amide bonds. The third kappa shape index (κ3) is 5.94. The molecule has 4 nitrogen and oxygen atoms in total. The van der Waals surface area contributed by atoms with Crippen LogP contribution in [0.2, 0.25) is 0 Å². The SMILES string of the molecule is CCC(NC(=O)CC1CNCCO1)c1ccc(Br)cc1.Cl. The van der Waals surface area contributed by atoms with E-state index in [1.165, 1.54) is 0 Å². The Balaban J connectivity index is 0.00000220. The van der Waals surface area contributed by atoms with E-state index in [0.717, 1.165) is 29.5 Å². The molecule has 1 saturated heterocycles. The molecule has 1 fully saturated rings. The number of hydrogen-bond acceptors (Lipinski definition) is 3. The number of ether oxygens (including phenoxy) is 1. The Hall–Kier alpha value is -0.620. The van der Waals surface area contributed by atoms with Crippen LogP contribution in [0, 0.1) is 0 Å². The second-order valence-corrected chi connectivity index (χ2v) is 5.90. The third-order valence-corrected chi connectivity index (χ3v) is 3.96. The number of halogens is 2. The highest BCUT2D eigenvalue weighted by Gasteiger charge is 2.19. The van der Waals surface area contributed by atoms with E-state index < -0.39 is 0 Å². The molecule has 0 aromatic heterocycles. The van der Waals surface area contributed by atoms with Crippen molar-refractivity contribution in [3.8, 4) is 0 Å². The van der Waals surface area contributed by atoms with Gasteiger partial charge in [-0.15, -0.1) is 12.4 Å². The van der Waals surface area contributed by atoms with Gasteiger partial charge in [0.25, 0.3) is 0 Å². The van der Waals surface area contributed by atoms with Crippen LogP contribution in [0.4, 0.5) is 0 Å². The molecule has 2 unspecified atom stereocenters. The van der Waals surface area contributed by atoms with Gasteiger partial charge in [0.2, 0.25) is 5.91 Å². The van der Waals surface area contributed by atoms with Crippen molar-refractivity contribution in [3.05, 3.63) is 34.3 Å². The molecule has 1 heterocycles. The van der Waals surface area contributed by atoms with E-state index in [4.69, 9.17) is 4.74 Å². The van der Waals surface area contributed by atoms with Gasteiger partial charge in [-0.2, -0.15) is 0 Å². The van der Waals surface area contributed by atoms with E-state index in [2.05, 4.69) is 33.5 Å². The second-order valence-electron chi connectivity index (χ2n) is 4.98. The summed E-state index contributed by atoms with van der Waals surface area (Å²) in [6.45, 7) is 4.38. The quantitative estimate of drug-likeness (QED) is 0.829. The molecular weight excluding hydrogens is 356 g/mol. The molecular formula is C15H22BrClN2O2. The van der Waals surface area contributed by atoms with Crippen LogP contribution in [0.5, 0.6) is 0 Å². The maximum atomic E-state index is 12.1. The molecule has 6 heteroatoms. The average molecular weight is 378 g/mol. The van der Waals surface area contributed by atoms with Gasteiger partial charge in [0.1, 0.15) is 0 Å². The Labute approximate surface area is 140 Å². The van der Waals surface area contributed by atoms with E-state index >= 15 is 0 Å². The number of morpholine rings is 1. The summed E-state index contributed by atoms with van der Waals surface area (Å²) in [7, 11) is 0. The van der Waals surface area contributed by atoms with Crippen molar-refractivity contribution in [1.29, 1.82) is 0 Å². The average Bonchev–Trinajstić information content (AvgIpc) is 2.47. The van der Waals surface area contributed by atoms with Crippen LogP contribution in [0.15, 0.2) is 28.7 Å². The van der Waals surface area contributed by atoms with Crippen LogP contribution >= 0.6 is 28.3 Å². The van der Waals surface area contributed by atoms with Gasteiger partial charge >= 0.3 is 0 Å². The van der Waals surface area contributed by atoms with E-state index in [1.807, 2.05) is 24.3 Å². The molecule has 1 aromatic carbocycles. The fourth-order valence-electron chi connectivity index (χ4n) is 2.33. The molecule has 21 heavy (non-hydrogen) atoms. The van der Waals surface area contributed by atoms with Gasteiger partial charge in [0.15, 0.2) is 0 Å². The van der Waals surface area contributed by atoms with Gasteiger partial charge in [-0.05, 0) is 24.1 Å². The standard InChI is InChI=1S/C15H21BrN2O2.ClH/c1-2-14(11-3-5-12(16)6-4-11)18-15(19)9-13-10-17-7-8-20-13;/h3-6,13-14,17H,2,7-10H2,1H3,(H,18,19);1H.